The highest BCUT2D eigenvalue weighted by molar-refractivity contribution is 7.90. The van der Waals surface area contributed by atoms with Gasteiger partial charge in [0.15, 0.2) is 0 Å². The summed E-state index contributed by atoms with van der Waals surface area (Å²) in [6.07, 6.45) is 4.74. The minimum atomic E-state index is -3.43. The first-order chi connectivity index (χ1) is 13.0. The zero-order chi connectivity index (χ0) is 19.3. The third-order valence-corrected chi connectivity index (χ3v) is 5.68. The molecule has 2 aromatic rings. The lowest BCUT2D eigenvalue weighted by molar-refractivity contribution is 0.0928. The van der Waals surface area contributed by atoms with Crippen molar-refractivity contribution in [2.45, 2.75) is 43.7 Å². The number of benzene rings is 1. The average molecular weight is 394 g/mol. The minimum Gasteiger partial charge on any atom is -0.395 e. The molecule has 1 aromatic heterocycles. The van der Waals surface area contributed by atoms with E-state index in [1.54, 1.807) is 10.8 Å². The number of hydrogen-bond donors (Lipinski definition) is 1. The molecule has 3 rings (SSSR count). The lowest BCUT2D eigenvalue weighted by Crippen LogP contribution is -2.28. The van der Waals surface area contributed by atoms with Gasteiger partial charge in [-0.25, -0.2) is 13.4 Å². The van der Waals surface area contributed by atoms with Crippen LogP contribution in [0, 0.1) is 0 Å². The van der Waals surface area contributed by atoms with Gasteiger partial charge in [-0.1, -0.05) is 30.3 Å². The van der Waals surface area contributed by atoms with Gasteiger partial charge < -0.3 is 14.4 Å². The molecule has 0 radical (unpaired) electrons. The second-order valence-electron chi connectivity index (χ2n) is 6.97. The molecule has 7 nitrogen and oxygen atoms in total. The Kier molecular flexibility index (Phi) is 6.64. The van der Waals surface area contributed by atoms with Crippen LogP contribution in [0.5, 0.6) is 0 Å². The number of nitrogens with zero attached hydrogens (tertiary/aromatic N) is 3. The van der Waals surface area contributed by atoms with Crippen LogP contribution in [0.3, 0.4) is 0 Å². The molecule has 1 N–H and O–H groups in total. The summed E-state index contributed by atoms with van der Waals surface area (Å²) in [5, 5.41) is 9.53. The number of sulfone groups is 1. The fraction of sp³-hybridized carbons (Fsp3) is 0.526. The Morgan fingerprint density at radius 3 is 2.70 bits per heavy atom. The van der Waals surface area contributed by atoms with Crippen molar-refractivity contribution in [2.24, 2.45) is 0 Å². The Balaban J connectivity index is 1.83. The van der Waals surface area contributed by atoms with E-state index < -0.39 is 9.84 Å². The molecule has 1 aliphatic rings. The summed E-state index contributed by atoms with van der Waals surface area (Å²) in [6.45, 7) is 2.90. The first kappa shape index (κ1) is 20.0. The smallest absolute Gasteiger partial charge is 0.227 e. The van der Waals surface area contributed by atoms with Crippen molar-refractivity contribution in [1.82, 2.24) is 14.5 Å². The second kappa shape index (κ2) is 8.97. The zero-order valence-electron chi connectivity index (χ0n) is 15.6. The van der Waals surface area contributed by atoms with Crippen molar-refractivity contribution < 1.29 is 18.3 Å². The maximum atomic E-state index is 12.2. The van der Waals surface area contributed by atoms with Crippen LogP contribution in [0.15, 0.2) is 41.7 Å². The van der Waals surface area contributed by atoms with Gasteiger partial charge in [0, 0.05) is 32.5 Å². The van der Waals surface area contributed by atoms with Crippen LogP contribution in [-0.4, -0.2) is 60.1 Å². The number of ether oxygens (including phenoxy) is 1. The molecular formula is C19H27N3O4S. The molecule has 1 saturated heterocycles. The van der Waals surface area contributed by atoms with Crippen LogP contribution in [-0.2, 0) is 34.2 Å². The molecule has 8 heteroatoms. The Hall–Kier alpha value is -1.74. The molecule has 0 spiro atoms. The average Bonchev–Trinajstić information content (AvgIpc) is 3.27. The van der Waals surface area contributed by atoms with Gasteiger partial charge in [0.05, 0.1) is 31.1 Å². The number of aliphatic hydroxyl groups excluding tert-OH is 1. The van der Waals surface area contributed by atoms with Gasteiger partial charge in [-0.05, 0) is 18.4 Å². The van der Waals surface area contributed by atoms with Crippen molar-refractivity contribution in [3.05, 3.63) is 47.8 Å². The van der Waals surface area contributed by atoms with Crippen LogP contribution in [0.4, 0.5) is 0 Å². The van der Waals surface area contributed by atoms with Crippen molar-refractivity contribution in [1.29, 1.82) is 0 Å². The summed E-state index contributed by atoms with van der Waals surface area (Å²) in [5.74, 6) is 0. The van der Waals surface area contributed by atoms with Crippen molar-refractivity contribution >= 4 is 9.84 Å². The van der Waals surface area contributed by atoms with Gasteiger partial charge in [0.1, 0.15) is 0 Å². The molecule has 2 heterocycles. The van der Waals surface area contributed by atoms with Crippen LogP contribution in [0.25, 0.3) is 0 Å². The first-order valence-corrected chi connectivity index (χ1v) is 11.1. The molecule has 27 heavy (non-hydrogen) atoms. The van der Waals surface area contributed by atoms with Crippen molar-refractivity contribution in [3.8, 4) is 0 Å². The molecule has 1 atom stereocenters. The summed E-state index contributed by atoms with van der Waals surface area (Å²) in [7, 11) is -3.43. The molecule has 1 fully saturated rings. The summed E-state index contributed by atoms with van der Waals surface area (Å²) in [4.78, 5) is 6.27. The van der Waals surface area contributed by atoms with Crippen molar-refractivity contribution in [3.63, 3.8) is 0 Å². The van der Waals surface area contributed by atoms with E-state index in [0.717, 1.165) is 24.1 Å². The van der Waals surface area contributed by atoms with Gasteiger partial charge in [-0.15, -0.1) is 0 Å². The number of aliphatic hydroxyl groups is 1. The van der Waals surface area contributed by atoms with Gasteiger partial charge in [-0.3, -0.25) is 4.90 Å². The standard InChI is InChI=1S/C19H27N3O4S/c1-27(24,25)19-20-12-17(22(19)15-18-8-5-11-26-18)14-21(9-10-23)13-16-6-3-2-4-7-16/h2-4,6-7,12,18,23H,5,8-11,13-15H2,1H3. The molecular weight excluding hydrogens is 366 g/mol. The van der Waals surface area contributed by atoms with E-state index in [0.29, 0.717) is 32.8 Å². The van der Waals surface area contributed by atoms with E-state index in [-0.39, 0.29) is 17.9 Å². The molecule has 0 aliphatic carbocycles. The summed E-state index contributed by atoms with van der Waals surface area (Å²) < 4.78 is 31.8. The predicted octanol–water partition coefficient (Wildman–Crippen LogP) is 1.46. The van der Waals surface area contributed by atoms with Crippen molar-refractivity contribution in [2.75, 3.05) is 26.0 Å². The number of rotatable bonds is 9. The number of hydrogen-bond acceptors (Lipinski definition) is 6. The Morgan fingerprint density at radius 1 is 1.30 bits per heavy atom. The highest BCUT2D eigenvalue weighted by atomic mass is 32.2. The zero-order valence-corrected chi connectivity index (χ0v) is 16.4. The van der Waals surface area contributed by atoms with E-state index in [2.05, 4.69) is 9.88 Å². The number of aromatic nitrogens is 2. The van der Waals surface area contributed by atoms with Crippen LogP contribution >= 0.6 is 0 Å². The molecule has 148 valence electrons. The lowest BCUT2D eigenvalue weighted by Gasteiger charge is -2.23. The summed E-state index contributed by atoms with van der Waals surface area (Å²) in [6, 6.07) is 10.0. The minimum absolute atomic E-state index is 0.0128. The van der Waals surface area contributed by atoms with E-state index >= 15 is 0 Å². The Labute approximate surface area is 160 Å². The molecule has 1 aliphatic heterocycles. The normalized spacial score (nSPS) is 17.7. The van der Waals surface area contributed by atoms with Gasteiger partial charge in [0.25, 0.3) is 0 Å². The topological polar surface area (TPSA) is 84.7 Å². The fourth-order valence-electron chi connectivity index (χ4n) is 3.43. The Morgan fingerprint density at radius 2 is 2.07 bits per heavy atom. The number of imidazole rings is 1. The molecule has 1 aromatic carbocycles. The first-order valence-electron chi connectivity index (χ1n) is 9.20. The maximum Gasteiger partial charge on any atom is 0.227 e. The van der Waals surface area contributed by atoms with Crippen LogP contribution in [0.2, 0.25) is 0 Å². The summed E-state index contributed by atoms with van der Waals surface area (Å²) >= 11 is 0. The quantitative estimate of drug-likeness (QED) is 0.694. The largest absolute Gasteiger partial charge is 0.395 e. The van der Waals surface area contributed by atoms with Gasteiger partial charge in [0.2, 0.25) is 15.0 Å². The third kappa shape index (κ3) is 5.38. The highest BCUT2D eigenvalue weighted by Gasteiger charge is 2.24. The fourth-order valence-corrected chi connectivity index (χ4v) is 4.26. The highest BCUT2D eigenvalue weighted by Crippen LogP contribution is 2.20. The maximum absolute atomic E-state index is 12.2. The SMILES string of the molecule is CS(=O)(=O)c1ncc(CN(CCO)Cc2ccccc2)n1CC1CCCO1. The van der Waals surface area contributed by atoms with Gasteiger partial charge in [-0.2, -0.15) is 0 Å². The molecule has 0 amide bonds. The van der Waals surface area contributed by atoms with Crippen LogP contribution < -0.4 is 0 Å². The van der Waals surface area contributed by atoms with E-state index in [4.69, 9.17) is 4.74 Å². The predicted molar refractivity (Wildman–Crippen MR) is 102 cm³/mol. The Bertz CT molecular complexity index is 830. The third-order valence-electron chi connectivity index (χ3n) is 4.69. The monoisotopic (exact) mass is 393 g/mol. The van der Waals surface area contributed by atoms with Crippen LogP contribution in [0.1, 0.15) is 24.1 Å². The lowest BCUT2D eigenvalue weighted by atomic mass is 10.2. The van der Waals surface area contributed by atoms with E-state index in [9.17, 15) is 13.5 Å². The van der Waals surface area contributed by atoms with E-state index in [1.807, 2.05) is 30.3 Å². The van der Waals surface area contributed by atoms with E-state index in [1.165, 1.54) is 6.26 Å². The molecule has 0 saturated carbocycles. The molecule has 0 bridgehead atoms. The molecule has 1 unspecified atom stereocenters. The second-order valence-corrected chi connectivity index (χ2v) is 8.88. The summed E-state index contributed by atoms with van der Waals surface area (Å²) in [5.41, 5.74) is 1.95. The van der Waals surface area contributed by atoms with Gasteiger partial charge >= 0.3 is 0 Å².